The average molecular weight is 238 g/mol. The number of hydrogen-bond donors (Lipinski definition) is 2. The van der Waals surface area contributed by atoms with Crippen LogP contribution in [-0.2, 0) is 9.53 Å². The maximum absolute atomic E-state index is 10.5. The number of carboxylic acids is 1. The molecule has 5 heteroatoms. The molecule has 5 nitrogen and oxygen atoms in total. The molecule has 1 heterocycles. The van der Waals surface area contributed by atoms with Crippen molar-refractivity contribution in [1.29, 1.82) is 0 Å². The van der Waals surface area contributed by atoms with Gasteiger partial charge in [-0.1, -0.05) is 6.42 Å². The zero-order valence-corrected chi connectivity index (χ0v) is 9.82. The van der Waals surface area contributed by atoms with Crippen LogP contribution in [0.15, 0.2) is 17.0 Å². The van der Waals surface area contributed by atoms with Gasteiger partial charge in [-0.25, -0.2) is 0 Å². The summed E-state index contributed by atoms with van der Waals surface area (Å²) in [5, 5.41) is 8.60. The number of carbonyl (C=O) groups is 1. The van der Waals surface area contributed by atoms with Crippen molar-refractivity contribution in [2.24, 2.45) is 10.7 Å². The Kier molecular flexibility index (Phi) is 3.36. The predicted molar refractivity (Wildman–Crippen MR) is 63.7 cm³/mol. The quantitative estimate of drug-likeness (QED) is 0.779. The predicted octanol–water partition coefficient (Wildman–Crippen LogP) is 1.44. The Hall–Kier alpha value is -1.52. The molecule has 0 amide bonds. The highest BCUT2D eigenvalue weighted by molar-refractivity contribution is 6.04. The Morgan fingerprint density at radius 3 is 2.82 bits per heavy atom. The van der Waals surface area contributed by atoms with Gasteiger partial charge in [-0.2, -0.15) is 0 Å². The Balaban J connectivity index is 2.08. The second kappa shape index (κ2) is 4.77. The number of carboxylic acid groups (broad SMARTS) is 1. The van der Waals surface area contributed by atoms with Gasteiger partial charge < -0.3 is 15.6 Å². The molecule has 0 aromatic rings. The van der Waals surface area contributed by atoms with Crippen LogP contribution in [0.4, 0.5) is 0 Å². The van der Waals surface area contributed by atoms with Crippen molar-refractivity contribution >= 4 is 11.7 Å². The Bertz CT molecular complexity index is 368. The average Bonchev–Trinajstić information content (AvgIpc) is 2.55. The van der Waals surface area contributed by atoms with Crippen molar-refractivity contribution in [2.45, 2.75) is 44.1 Å². The molecular formula is C12H18N2O3. The molecule has 1 saturated carbocycles. The summed E-state index contributed by atoms with van der Waals surface area (Å²) >= 11 is 0. The number of hydrogen-bond acceptors (Lipinski definition) is 4. The van der Waals surface area contributed by atoms with Gasteiger partial charge >= 0.3 is 5.97 Å². The summed E-state index contributed by atoms with van der Waals surface area (Å²) in [4.78, 5) is 14.8. The first-order chi connectivity index (χ1) is 8.12. The molecule has 2 rings (SSSR count). The lowest BCUT2D eigenvalue weighted by Gasteiger charge is -2.33. The molecule has 0 aromatic heterocycles. The van der Waals surface area contributed by atoms with Gasteiger partial charge in [-0.15, -0.1) is 0 Å². The molecule has 3 N–H and O–H groups in total. The zero-order chi connectivity index (χ0) is 12.3. The van der Waals surface area contributed by atoms with E-state index in [-0.39, 0.29) is 12.0 Å². The molecule has 2 aliphatic rings. The fourth-order valence-corrected chi connectivity index (χ4v) is 2.52. The smallest absolute Gasteiger partial charge is 0.305 e. The van der Waals surface area contributed by atoms with Gasteiger partial charge in [-0.3, -0.25) is 9.79 Å². The second-order valence-corrected chi connectivity index (χ2v) is 4.61. The van der Waals surface area contributed by atoms with Crippen LogP contribution in [0.2, 0.25) is 0 Å². The topological polar surface area (TPSA) is 84.9 Å². The molecular weight excluding hydrogens is 220 g/mol. The van der Waals surface area contributed by atoms with Gasteiger partial charge in [0.25, 0.3) is 0 Å². The Labute approximate surface area is 100 Å². The molecule has 0 aromatic carbocycles. The largest absolute Gasteiger partial charge is 0.481 e. The first-order valence-electron chi connectivity index (χ1n) is 6.05. The molecule has 1 fully saturated rings. The minimum Gasteiger partial charge on any atom is -0.481 e. The Morgan fingerprint density at radius 1 is 1.47 bits per heavy atom. The number of aliphatic imine (C=N–C) groups is 1. The summed E-state index contributed by atoms with van der Waals surface area (Å²) in [7, 11) is 0. The fourth-order valence-electron chi connectivity index (χ4n) is 2.52. The molecule has 0 atom stereocenters. The third-order valence-electron chi connectivity index (χ3n) is 3.33. The normalized spacial score (nSPS) is 24.7. The maximum Gasteiger partial charge on any atom is 0.305 e. The van der Waals surface area contributed by atoms with Gasteiger partial charge in [-0.05, 0) is 25.7 Å². The van der Waals surface area contributed by atoms with Crippen LogP contribution in [0.3, 0.4) is 0 Å². The van der Waals surface area contributed by atoms with E-state index in [2.05, 4.69) is 4.99 Å². The molecule has 1 spiro atoms. The van der Waals surface area contributed by atoms with Crippen LogP contribution in [0, 0.1) is 0 Å². The SMILES string of the molecule is NC1=CC(=NCCC(=O)O)C2(CCCCC2)O1. The van der Waals surface area contributed by atoms with Gasteiger partial charge in [0.05, 0.1) is 12.1 Å². The van der Waals surface area contributed by atoms with E-state index in [0.29, 0.717) is 12.4 Å². The number of aliphatic carboxylic acids is 1. The first kappa shape index (κ1) is 12.0. The third-order valence-corrected chi connectivity index (χ3v) is 3.33. The lowest BCUT2D eigenvalue weighted by molar-refractivity contribution is -0.136. The summed E-state index contributed by atoms with van der Waals surface area (Å²) in [5.41, 5.74) is 6.17. The second-order valence-electron chi connectivity index (χ2n) is 4.61. The van der Waals surface area contributed by atoms with E-state index >= 15 is 0 Å². The number of rotatable bonds is 3. The molecule has 0 unspecified atom stereocenters. The van der Waals surface area contributed by atoms with E-state index in [9.17, 15) is 4.79 Å². The molecule has 17 heavy (non-hydrogen) atoms. The lowest BCUT2D eigenvalue weighted by Crippen LogP contribution is -2.39. The monoisotopic (exact) mass is 238 g/mol. The van der Waals surface area contributed by atoms with Crippen molar-refractivity contribution in [3.63, 3.8) is 0 Å². The standard InChI is InChI=1S/C12H18N2O3/c13-10-8-9(14-7-4-11(15)16)12(17-10)5-2-1-3-6-12/h8H,1-7,13H2,(H,15,16). The number of nitrogens with zero attached hydrogens (tertiary/aromatic N) is 1. The van der Waals surface area contributed by atoms with Gasteiger partial charge in [0, 0.05) is 12.6 Å². The molecule has 1 aliphatic heterocycles. The van der Waals surface area contributed by atoms with Crippen molar-refractivity contribution in [2.75, 3.05) is 6.54 Å². The van der Waals surface area contributed by atoms with Crippen molar-refractivity contribution in [3.05, 3.63) is 12.0 Å². The lowest BCUT2D eigenvalue weighted by atomic mass is 9.82. The summed E-state index contributed by atoms with van der Waals surface area (Å²) in [6, 6.07) is 0. The van der Waals surface area contributed by atoms with E-state index in [1.165, 1.54) is 6.42 Å². The third kappa shape index (κ3) is 2.60. The summed E-state index contributed by atoms with van der Waals surface area (Å²) in [5.74, 6) is -0.427. The fraction of sp³-hybridized carbons (Fsp3) is 0.667. The van der Waals surface area contributed by atoms with Crippen LogP contribution >= 0.6 is 0 Å². The first-order valence-corrected chi connectivity index (χ1v) is 6.05. The van der Waals surface area contributed by atoms with Crippen LogP contribution < -0.4 is 5.73 Å². The molecule has 0 bridgehead atoms. The van der Waals surface area contributed by atoms with E-state index in [0.717, 1.165) is 31.4 Å². The van der Waals surface area contributed by atoms with Crippen LogP contribution in [-0.4, -0.2) is 28.9 Å². The minimum atomic E-state index is -0.831. The van der Waals surface area contributed by atoms with Gasteiger partial charge in [0.2, 0.25) is 0 Å². The van der Waals surface area contributed by atoms with E-state index < -0.39 is 5.97 Å². The molecule has 0 radical (unpaired) electrons. The van der Waals surface area contributed by atoms with E-state index in [4.69, 9.17) is 15.6 Å². The van der Waals surface area contributed by atoms with Crippen LogP contribution in [0.5, 0.6) is 0 Å². The van der Waals surface area contributed by atoms with Crippen molar-refractivity contribution < 1.29 is 14.6 Å². The minimum absolute atomic E-state index is 0.0489. The van der Waals surface area contributed by atoms with E-state index in [1.807, 2.05) is 0 Å². The zero-order valence-electron chi connectivity index (χ0n) is 9.82. The van der Waals surface area contributed by atoms with Crippen molar-refractivity contribution in [1.82, 2.24) is 0 Å². The summed E-state index contributed by atoms with van der Waals surface area (Å²) in [6.07, 6.45) is 7.08. The van der Waals surface area contributed by atoms with Crippen LogP contribution in [0.25, 0.3) is 0 Å². The number of ether oxygens (including phenoxy) is 1. The van der Waals surface area contributed by atoms with E-state index in [1.54, 1.807) is 6.08 Å². The summed E-state index contributed by atoms with van der Waals surface area (Å²) < 4.78 is 5.72. The highest BCUT2D eigenvalue weighted by Crippen LogP contribution is 2.38. The Morgan fingerprint density at radius 2 is 2.18 bits per heavy atom. The number of nitrogens with two attached hydrogens (primary N) is 1. The molecule has 0 saturated heterocycles. The molecule has 1 aliphatic carbocycles. The van der Waals surface area contributed by atoms with Gasteiger partial charge in [0.1, 0.15) is 0 Å². The van der Waals surface area contributed by atoms with Crippen molar-refractivity contribution in [3.8, 4) is 0 Å². The summed E-state index contributed by atoms with van der Waals surface area (Å²) in [6.45, 7) is 0.291. The maximum atomic E-state index is 10.5. The molecule has 94 valence electrons. The highest BCUT2D eigenvalue weighted by atomic mass is 16.5. The highest BCUT2D eigenvalue weighted by Gasteiger charge is 2.42. The van der Waals surface area contributed by atoms with Gasteiger partial charge in [0.15, 0.2) is 11.5 Å². The van der Waals surface area contributed by atoms with Crippen LogP contribution in [0.1, 0.15) is 38.5 Å².